The van der Waals surface area contributed by atoms with Gasteiger partial charge in [-0.3, -0.25) is 9.59 Å². The third-order valence-electron chi connectivity index (χ3n) is 5.17. The van der Waals surface area contributed by atoms with Crippen molar-refractivity contribution in [3.05, 3.63) is 35.9 Å². The molecular formula is C19H25N3O5S. The number of nitrogens with one attached hydrogen (secondary N) is 1. The first kappa shape index (κ1) is 20.5. The van der Waals surface area contributed by atoms with E-state index in [0.29, 0.717) is 12.8 Å². The topological polar surface area (TPSA) is 116 Å². The summed E-state index contributed by atoms with van der Waals surface area (Å²) >= 11 is 0. The van der Waals surface area contributed by atoms with Crippen LogP contribution in [0.3, 0.4) is 0 Å². The molecular weight excluding hydrogens is 382 g/mol. The van der Waals surface area contributed by atoms with E-state index in [4.69, 9.17) is 0 Å². The molecule has 2 aliphatic heterocycles. The summed E-state index contributed by atoms with van der Waals surface area (Å²) in [5.41, 5.74) is -0.106. The Kier molecular flexibility index (Phi) is 5.85. The lowest BCUT2D eigenvalue weighted by molar-refractivity contribution is -0.133. The molecule has 0 aliphatic carbocycles. The van der Waals surface area contributed by atoms with E-state index < -0.39 is 27.4 Å². The van der Waals surface area contributed by atoms with Gasteiger partial charge in [0.05, 0.1) is 23.1 Å². The maximum absolute atomic E-state index is 12.4. The summed E-state index contributed by atoms with van der Waals surface area (Å²) in [5, 5.41) is 18.6. The summed E-state index contributed by atoms with van der Waals surface area (Å²) in [6, 6.07) is 8.70. The number of hydrogen-bond acceptors (Lipinski definition) is 6. The third kappa shape index (κ3) is 4.77. The first-order valence-electron chi connectivity index (χ1n) is 9.34. The van der Waals surface area contributed by atoms with Gasteiger partial charge in [0.2, 0.25) is 5.91 Å². The van der Waals surface area contributed by atoms with Gasteiger partial charge < -0.3 is 10.4 Å². The average molecular weight is 407 g/mol. The number of hydrogen-bond donors (Lipinski definition) is 2. The van der Waals surface area contributed by atoms with E-state index in [-0.39, 0.29) is 42.5 Å². The molecule has 0 bridgehead atoms. The fourth-order valence-electron chi connectivity index (χ4n) is 3.45. The van der Waals surface area contributed by atoms with Crippen LogP contribution in [0.4, 0.5) is 0 Å². The zero-order chi connectivity index (χ0) is 20.4. The van der Waals surface area contributed by atoms with Crippen LogP contribution in [0.25, 0.3) is 0 Å². The Morgan fingerprint density at radius 3 is 2.68 bits per heavy atom. The van der Waals surface area contributed by atoms with Crippen molar-refractivity contribution in [2.45, 2.75) is 44.2 Å². The summed E-state index contributed by atoms with van der Waals surface area (Å²) in [7, 11) is -3.15. The highest BCUT2D eigenvalue weighted by atomic mass is 32.2. The van der Waals surface area contributed by atoms with Gasteiger partial charge in [-0.05, 0) is 25.3 Å². The van der Waals surface area contributed by atoms with Crippen molar-refractivity contribution < 1.29 is 23.1 Å². The second-order valence-corrected chi connectivity index (χ2v) is 9.72. The summed E-state index contributed by atoms with van der Waals surface area (Å²) < 4.78 is 23.3. The number of rotatable bonds is 6. The predicted molar refractivity (Wildman–Crippen MR) is 104 cm³/mol. The molecule has 2 heterocycles. The lowest BCUT2D eigenvalue weighted by Gasteiger charge is -2.28. The van der Waals surface area contributed by atoms with Crippen LogP contribution >= 0.6 is 0 Å². The minimum absolute atomic E-state index is 0.0348. The Bertz CT molecular complexity index is 880. The number of hydrazone groups is 1. The van der Waals surface area contributed by atoms with Crippen molar-refractivity contribution >= 4 is 27.4 Å². The van der Waals surface area contributed by atoms with Gasteiger partial charge in [0, 0.05) is 19.4 Å². The third-order valence-corrected chi connectivity index (χ3v) is 6.92. The normalized spacial score (nSPS) is 23.8. The molecule has 1 aromatic rings. The van der Waals surface area contributed by atoms with Gasteiger partial charge in [0.25, 0.3) is 5.91 Å². The van der Waals surface area contributed by atoms with Crippen LogP contribution in [0.2, 0.25) is 0 Å². The van der Waals surface area contributed by atoms with Crippen LogP contribution < -0.4 is 5.32 Å². The number of carbonyl (C=O) groups is 2. The van der Waals surface area contributed by atoms with Crippen LogP contribution in [0, 0.1) is 0 Å². The van der Waals surface area contributed by atoms with Gasteiger partial charge in [0.1, 0.15) is 5.71 Å². The molecule has 3 rings (SSSR count). The first-order chi connectivity index (χ1) is 13.2. The van der Waals surface area contributed by atoms with Gasteiger partial charge in [-0.25, -0.2) is 13.4 Å². The van der Waals surface area contributed by atoms with E-state index in [9.17, 15) is 23.1 Å². The second-order valence-electron chi connectivity index (χ2n) is 7.49. The number of nitrogens with zero attached hydrogens (tertiary/aromatic N) is 2. The molecule has 0 saturated carbocycles. The number of amides is 2. The second kappa shape index (κ2) is 8.00. The van der Waals surface area contributed by atoms with Crippen molar-refractivity contribution in [1.29, 1.82) is 0 Å². The highest BCUT2D eigenvalue weighted by Crippen LogP contribution is 2.24. The summed E-state index contributed by atoms with van der Waals surface area (Å²) in [6.07, 6.45) is 1.01. The zero-order valence-corrected chi connectivity index (χ0v) is 16.6. The van der Waals surface area contributed by atoms with Gasteiger partial charge in [-0.2, -0.15) is 5.10 Å². The molecule has 0 aromatic heterocycles. The molecule has 0 unspecified atom stereocenters. The smallest absolute Gasteiger partial charge is 0.267 e. The SMILES string of the molecule is C[C@@](O)(CCNC(=O)C1=NN([C@@H]2CCS(=O)(=O)C2)C(=O)CC1)c1ccccc1. The number of sulfone groups is 1. The van der Waals surface area contributed by atoms with Crippen LogP contribution in [0.5, 0.6) is 0 Å². The fourth-order valence-corrected chi connectivity index (χ4v) is 5.14. The van der Waals surface area contributed by atoms with Crippen molar-refractivity contribution in [3.63, 3.8) is 0 Å². The lowest BCUT2D eigenvalue weighted by atomic mass is 9.92. The van der Waals surface area contributed by atoms with Gasteiger partial charge in [0.15, 0.2) is 9.84 Å². The predicted octanol–water partition coefficient (Wildman–Crippen LogP) is 0.566. The number of carbonyl (C=O) groups excluding carboxylic acids is 2. The van der Waals surface area contributed by atoms with E-state index in [1.54, 1.807) is 6.92 Å². The van der Waals surface area contributed by atoms with Gasteiger partial charge >= 0.3 is 0 Å². The first-order valence-corrected chi connectivity index (χ1v) is 11.2. The van der Waals surface area contributed by atoms with Crippen LogP contribution in [-0.2, 0) is 25.0 Å². The average Bonchev–Trinajstić information content (AvgIpc) is 3.02. The molecule has 1 aromatic carbocycles. The standard InChI is InChI=1S/C19H25N3O5S/c1-19(25,14-5-3-2-4-6-14)10-11-20-18(24)16-7-8-17(23)22(21-16)15-9-12-28(26,27)13-15/h2-6,15,25H,7-13H2,1H3,(H,20,24)/t15-,19-/m1/s1. The molecule has 0 spiro atoms. The van der Waals surface area contributed by atoms with Crippen LogP contribution in [-0.4, -0.2) is 60.2 Å². The summed E-state index contributed by atoms with van der Waals surface area (Å²) in [5.74, 6) is -0.739. The Hall–Kier alpha value is -2.26. The van der Waals surface area contributed by atoms with E-state index in [2.05, 4.69) is 10.4 Å². The highest BCUT2D eigenvalue weighted by Gasteiger charge is 2.37. The molecule has 9 heteroatoms. The molecule has 0 radical (unpaired) electrons. The van der Waals surface area contributed by atoms with E-state index in [0.717, 1.165) is 5.56 Å². The quantitative estimate of drug-likeness (QED) is 0.715. The Morgan fingerprint density at radius 2 is 2.04 bits per heavy atom. The summed E-state index contributed by atoms with van der Waals surface area (Å²) in [6.45, 7) is 1.93. The maximum Gasteiger partial charge on any atom is 0.267 e. The molecule has 2 atom stereocenters. The van der Waals surface area contributed by atoms with Crippen molar-refractivity contribution in [2.24, 2.45) is 5.10 Å². The number of benzene rings is 1. The summed E-state index contributed by atoms with van der Waals surface area (Å²) in [4.78, 5) is 24.6. The Morgan fingerprint density at radius 1 is 1.32 bits per heavy atom. The van der Waals surface area contributed by atoms with Gasteiger partial charge in [-0.15, -0.1) is 0 Å². The Balaban J connectivity index is 1.59. The molecule has 2 N–H and O–H groups in total. The Labute approximate surface area is 164 Å². The van der Waals surface area contributed by atoms with E-state index >= 15 is 0 Å². The molecule has 152 valence electrons. The van der Waals surface area contributed by atoms with Crippen LogP contribution in [0.1, 0.15) is 38.2 Å². The maximum atomic E-state index is 12.4. The lowest BCUT2D eigenvalue weighted by Crippen LogP contribution is -2.44. The molecule has 2 amide bonds. The van der Waals surface area contributed by atoms with Gasteiger partial charge in [-0.1, -0.05) is 30.3 Å². The van der Waals surface area contributed by atoms with Crippen molar-refractivity contribution in [1.82, 2.24) is 10.3 Å². The monoisotopic (exact) mass is 407 g/mol. The fraction of sp³-hybridized carbons (Fsp3) is 0.526. The van der Waals surface area contributed by atoms with Crippen molar-refractivity contribution in [2.75, 3.05) is 18.1 Å². The van der Waals surface area contributed by atoms with Crippen molar-refractivity contribution in [3.8, 4) is 0 Å². The minimum Gasteiger partial charge on any atom is -0.385 e. The van der Waals surface area contributed by atoms with Crippen LogP contribution in [0.15, 0.2) is 35.4 Å². The zero-order valence-electron chi connectivity index (χ0n) is 15.8. The highest BCUT2D eigenvalue weighted by molar-refractivity contribution is 7.91. The van der Waals surface area contributed by atoms with E-state index in [1.165, 1.54) is 5.01 Å². The molecule has 1 saturated heterocycles. The largest absolute Gasteiger partial charge is 0.385 e. The molecule has 8 nitrogen and oxygen atoms in total. The molecule has 28 heavy (non-hydrogen) atoms. The van der Waals surface area contributed by atoms with E-state index in [1.807, 2.05) is 30.3 Å². The molecule has 2 aliphatic rings. The minimum atomic E-state index is -3.15. The molecule has 1 fully saturated rings. The number of aliphatic hydroxyl groups is 1.